The average molecular weight is 440 g/mol. The number of hydrogen-bond acceptors (Lipinski definition) is 6. The van der Waals surface area contributed by atoms with Crippen LogP contribution in [-0.4, -0.2) is 35.3 Å². The van der Waals surface area contributed by atoms with Gasteiger partial charge in [0.1, 0.15) is 16.8 Å². The first kappa shape index (κ1) is 22.2. The van der Waals surface area contributed by atoms with Gasteiger partial charge in [0.15, 0.2) is 0 Å². The smallest absolute Gasteiger partial charge is 0.319 e. The molecule has 162 valence electrons. The second kappa shape index (κ2) is 10.5. The van der Waals surface area contributed by atoms with Crippen molar-refractivity contribution in [3.63, 3.8) is 0 Å². The molecule has 0 fully saturated rings. The maximum absolute atomic E-state index is 12.9. The molecule has 0 saturated carbocycles. The number of ether oxygens (including phenoxy) is 1. The predicted molar refractivity (Wildman–Crippen MR) is 122 cm³/mol. The third-order valence-electron chi connectivity index (χ3n) is 4.79. The van der Waals surface area contributed by atoms with Gasteiger partial charge in [0.2, 0.25) is 11.0 Å². The number of aromatic nitrogens is 2. The van der Waals surface area contributed by atoms with Gasteiger partial charge in [0.25, 0.3) is 0 Å². The molecule has 0 aliphatic heterocycles. The molecule has 0 saturated heterocycles. The first-order chi connectivity index (χ1) is 15.0. The number of hydrogen-bond donors (Lipinski definition) is 3. The topological polar surface area (TPSA) is 105 Å². The van der Waals surface area contributed by atoms with Crippen LogP contribution in [0.15, 0.2) is 54.6 Å². The lowest BCUT2D eigenvalue weighted by molar-refractivity contribution is -0.119. The first-order valence-corrected chi connectivity index (χ1v) is 10.7. The highest BCUT2D eigenvalue weighted by molar-refractivity contribution is 7.18. The molecule has 0 spiro atoms. The van der Waals surface area contributed by atoms with E-state index >= 15 is 0 Å². The van der Waals surface area contributed by atoms with E-state index in [1.54, 1.807) is 31.4 Å². The van der Waals surface area contributed by atoms with Crippen molar-refractivity contribution >= 4 is 34.1 Å². The van der Waals surface area contributed by atoms with Gasteiger partial charge in [-0.15, -0.1) is 10.2 Å². The van der Waals surface area contributed by atoms with Crippen molar-refractivity contribution < 1.29 is 14.3 Å². The highest BCUT2D eigenvalue weighted by Crippen LogP contribution is 2.26. The van der Waals surface area contributed by atoms with E-state index in [1.807, 2.05) is 44.2 Å². The minimum Gasteiger partial charge on any atom is -0.497 e. The molecular formula is C22H25N5O3S. The van der Waals surface area contributed by atoms with Crippen molar-refractivity contribution in [2.24, 2.45) is 5.92 Å². The summed E-state index contributed by atoms with van der Waals surface area (Å²) < 4.78 is 5.16. The third-order valence-corrected chi connectivity index (χ3v) is 5.67. The van der Waals surface area contributed by atoms with Gasteiger partial charge in [-0.3, -0.25) is 10.1 Å². The van der Waals surface area contributed by atoms with E-state index in [1.165, 1.54) is 11.3 Å². The number of nitrogens with one attached hydrogen (secondary N) is 3. The van der Waals surface area contributed by atoms with Crippen molar-refractivity contribution in [3.05, 3.63) is 54.6 Å². The number of carbonyl (C=O) groups excluding carboxylic acids is 2. The van der Waals surface area contributed by atoms with Crippen molar-refractivity contribution in [2.45, 2.75) is 26.3 Å². The van der Waals surface area contributed by atoms with E-state index in [9.17, 15) is 9.59 Å². The molecule has 2 aromatic carbocycles. The van der Waals surface area contributed by atoms with Gasteiger partial charge < -0.3 is 15.4 Å². The summed E-state index contributed by atoms with van der Waals surface area (Å²) >= 11 is 1.28. The minimum absolute atomic E-state index is 0.0856. The molecule has 0 radical (unpaired) electrons. The Hall–Kier alpha value is -3.46. The van der Waals surface area contributed by atoms with E-state index in [-0.39, 0.29) is 11.8 Å². The standard InChI is InChI=1S/C22H25N5O3S/c1-4-14(2)18(24-21(29)23-16-11-8-12-17(13-16)30-3)19(28)25-22-27-26-20(31-22)15-9-6-5-7-10-15/h5-14,18H,4H2,1-3H3,(H2,23,24,29)(H,25,27,28). The number of nitrogens with zero attached hydrogens (tertiary/aromatic N) is 2. The molecule has 1 heterocycles. The van der Waals surface area contributed by atoms with E-state index in [4.69, 9.17) is 4.74 Å². The summed E-state index contributed by atoms with van der Waals surface area (Å²) in [6.45, 7) is 3.87. The van der Waals surface area contributed by atoms with Gasteiger partial charge in [-0.1, -0.05) is 68.0 Å². The second-order valence-corrected chi connectivity index (χ2v) is 7.94. The molecular weight excluding hydrogens is 414 g/mol. The monoisotopic (exact) mass is 439 g/mol. The molecule has 2 unspecified atom stereocenters. The summed E-state index contributed by atoms with van der Waals surface area (Å²) in [5, 5.41) is 17.6. The number of carbonyl (C=O) groups is 2. The van der Waals surface area contributed by atoms with Gasteiger partial charge in [-0.25, -0.2) is 4.79 Å². The maximum Gasteiger partial charge on any atom is 0.319 e. The normalized spacial score (nSPS) is 12.5. The fourth-order valence-electron chi connectivity index (χ4n) is 2.87. The molecule has 1 aromatic heterocycles. The summed E-state index contributed by atoms with van der Waals surface area (Å²) in [6.07, 6.45) is 0.711. The Morgan fingerprint density at radius 3 is 2.55 bits per heavy atom. The third kappa shape index (κ3) is 6.02. The fourth-order valence-corrected chi connectivity index (χ4v) is 3.62. The first-order valence-electron chi connectivity index (χ1n) is 9.91. The molecule has 3 amide bonds. The summed E-state index contributed by atoms with van der Waals surface area (Å²) in [4.78, 5) is 25.4. The van der Waals surface area contributed by atoms with Crippen molar-refractivity contribution in [1.29, 1.82) is 0 Å². The Bertz CT molecular complexity index is 1020. The van der Waals surface area contributed by atoms with Gasteiger partial charge in [0, 0.05) is 17.3 Å². The lowest BCUT2D eigenvalue weighted by atomic mass is 9.98. The molecule has 2 atom stereocenters. The van der Waals surface area contributed by atoms with Crippen LogP contribution >= 0.6 is 11.3 Å². The highest BCUT2D eigenvalue weighted by atomic mass is 32.1. The predicted octanol–water partition coefficient (Wildman–Crippen LogP) is 4.39. The summed E-state index contributed by atoms with van der Waals surface area (Å²) in [5.74, 6) is 0.197. The Morgan fingerprint density at radius 1 is 1.06 bits per heavy atom. The molecule has 0 aliphatic carbocycles. The van der Waals surface area contributed by atoms with Gasteiger partial charge in [-0.05, 0) is 18.1 Å². The Labute approximate surface area is 185 Å². The van der Waals surface area contributed by atoms with Crippen LogP contribution in [0.25, 0.3) is 10.6 Å². The number of methoxy groups -OCH3 is 1. The Morgan fingerprint density at radius 2 is 1.84 bits per heavy atom. The number of benzene rings is 2. The number of amides is 3. The maximum atomic E-state index is 12.9. The van der Waals surface area contributed by atoms with Crippen LogP contribution in [0.5, 0.6) is 5.75 Å². The lowest BCUT2D eigenvalue weighted by Crippen LogP contribution is -2.49. The molecule has 8 nitrogen and oxygen atoms in total. The summed E-state index contributed by atoms with van der Waals surface area (Å²) in [6, 6.07) is 15.4. The van der Waals surface area contributed by atoms with Crippen LogP contribution in [0.1, 0.15) is 20.3 Å². The zero-order chi connectivity index (χ0) is 22.2. The van der Waals surface area contributed by atoms with Crippen LogP contribution in [0.3, 0.4) is 0 Å². The van der Waals surface area contributed by atoms with E-state index < -0.39 is 12.1 Å². The molecule has 0 aliphatic rings. The zero-order valence-corrected chi connectivity index (χ0v) is 18.4. The molecule has 3 aromatic rings. The van der Waals surface area contributed by atoms with Crippen LogP contribution < -0.4 is 20.7 Å². The zero-order valence-electron chi connectivity index (χ0n) is 17.6. The SMILES string of the molecule is CCC(C)C(NC(=O)Nc1cccc(OC)c1)C(=O)Nc1nnc(-c2ccccc2)s1. The average Bonchev–Trinajstić information content (AvgIpc) is 3.26. The van der Waals surface area contributed by atoms with Crippen LogP contribution in [0.4, 0.5) is 15.6 Å². The van der Waals surface area contributed by atoms with Crippen molar-refractivity contribution in [3.8, 4) is 16.3 Å². The van der Waals surface area contributed by atoms with Crippen molar-refractivity contribution in [1.82, 2.24) is 15.5 Å². The largest absolute Gasteiger partial charge is 0.497 e. The second-order valence-electron chi connectivity index (χ2n) is 6.96. The van der Waals surface area contributed by atoms with Crippen LogP contribution in [0.2, 0.25) is 0 Å². The van der Waals surface area contributed by atoms with Gasteiger partial charge in [0.05, 0.1) is 7.11 Å². The Balaban J connectivity index is 1.66. The molecule has 31 heavy (non-hydrogen) atoms. The Kier molecular flexibility index (Phi) is 7.55. The summed E-state index contributed by atoms with van der Waals surface area (Å²) in [7, 11) is 1.55. The minimum atomic E-state index is -0.736. The summed E-state index contributed by atoms with van der Waals surface area (Å²) in [5.41, 5.74) is 1.49. The quantitative estimate of drug-likeness (QED) is 0.483. The number of urea groups is 1. The van der Waals surface area contributed by atoms with E-state index in [2.05, 4.69) is 26.1 Å². The molecule has 3 rings (SSSR count). The van der Waals surface area contributed by atoms with Crippen LogP contribution in [-0.2, 0) is 4.79 Å². The molecule has 9 heteroatoms. The fraction of sp³-hybridized carbons (Fsp3) is 0.273. The van der Waals surface area contributed by atoms with Crippen molar-refractivity contribution in [2.75, 3.05) is 17.7 Å². The van der Waals surface area contributed by atoms with Gasteiger partial charge in [-0.2, -0.15) is 0 Å². The highest BCUT2D eigenvalue weighted by Gasteiger charge is 2.27. The number of rotatable bonds is 8. The van der Waals surface area contributed by atoms with Crippen LogP contribution in [0, 0.1) is 5.92 Å². The number of anilines is 2. The molecule has 3 N–H and O–H groups in total. The van der Waals surface area contributed by atoms with E-state index in [0.717, 1.165) is 5.56 Å². The van der Waals surface area contributed by atoms with Gasteiger partial charge >= 0.3 is 6.03 Å². The lowest BCUT2D eigenvalue weighted by Gasteiger charge is -2.23. The molecule has 0 bridgehead atoms. The van der Waals surface area contributed by atoms with E-state index in [0.29, 0.717) is 28.0 Å².